The van der Waals surface area contributed by atoms with Crippen molar-refractivity contribution in [2.45, 2.75) is 83.2 Å². The highest BCUT2D eigenvalue weighted by atomic mass is 79.9. The van der Waals surface area contributed by atoms with Gasteiger partial charge < -0.3 is 4.74 Å². The Morgan fingerprint density at radius 2 is 1.54 bits per heavy atom. The lowest BCUT2D eigenvalue weighted by Gasteiger charge is -2.32. The van der Waals surface area contributed by atoms with E-state index in [0.717, 1.165) is 35.8 Å². The molecular formula is C22H33BrN3O2+. The average molecular weight is 451 g/mol. The van der Waals surface area contributed by atoms with Gasteiger partial charge in [-0.15, -0.1) is 0 Å². The van der Waals surface area contributed by atoms with Crippen LogP contribution in [0.1, 0.15) is 71.1 Å². The minimum atomic E-state index is -0.261. The quantitative estimate of drug-likeness (QED) is 0.217. The highest BCUT2D eigenvalue weighted by molar-refractivity contribution is 9.10. The molecule has 2 fully saturated rings. The van der Waals surface area contributed by atoms with Gasteiger partial charge in [0.15, 0.2) is 0 Å². The highest BCUT2D eigenvalue weighted by Crippen LogP contribution is 2.27. The zero-order chi connectivity index (χ0) is 19.8. The molecule has 0 heterocycles. The van der Waals surface area contributed by atoms with Gasteiger partial charge in [0, 0.05) is 4.47 Å². The molecule has 1 aromatic carbocycles. The Labute approximate surface area is 177 Å². The van der Waals surface area contributed by atoms with Crippen LogP contribution in [-0.4, -0.2) is 35.1 Å². The Morgan fingerprint density at radius 1 is 1.00 bits per heavy atom. The van der Waals surface area contributed by atoms with Crippen LogP contribution >= 0.6 is 15.9 Å². The summed E-state index contributed by atoms with van der Waals surface area (Å²) in [7, 11) is 0. The molecule has 2 saturated carbocycles. The van der Waals surface area contributed by atoms with Gasteiger partial charge in [0.1, 0.15) is 0 Å². The number of ether oxygens (including phenoxy) is 1. The first-order chi connectivity index (χ1) is 13.7. The molecule has 0 bridgehead atoms. The molecule has 2 N–H and O–H groups in total. The Balaban J connectivity index is 1.90. The average Bonchev–Trinajstić information content (AvgIpc) is 2.73. The molecule has 0 aromatic heterocycles. The van der Waals surface area contributed by atoms with Crippen molar-refractivity contribution in [2.24, 2.45) is 0 Å². The van der Waals surface area contributed by atoms with Crippen LogP contribution in [0.15, 0.2) is 28.7 Å². The molecule has 0 radical (unpaired) electrons. The predicted octanol–water partition coefficient (Wildman–Crippen LogP) is 5.01. The number of amidine groups is 1. The molecule has 2 aliphatic rings. The zero-order valence-electron chi connectivity index (χ0n) is 16.9. The monoisotopic (exact) mass is 450 g/mol. The van der Waals surface area contributed by atoms with E-state index in [1.807, 2.05) is 31.2 Å². The maximum absolute atomic E-state index is 12.9. The van der Waals surface area contributed by atoms with Gasteiger partial charge in [-0.05, 0) is 82.6 Å². The van der Waals surface area contributed by atoms with Crippen molar-refractivity contribution in [3.63, 3.8) is 0 Å². The molecule has 0 saturated heterocycles. The maximum atomic E-state index is 12.9. The number of anilines is 1. The molecule has 0 aliphatic heterocycles. The summed E-state index contributed by atoms with van der Waals surface area (Å²) in [6.45, 7) is 2.24. The summed E-state index contributed by atoms with van der Waals surface area (Å²) in [5.74, 6) is 0.312. The van der Waals surface area contributed by atoms with Gasteiger partial charge in [0.2, 0.25) is 0 Å². The molecule has 0 spiro atoms. The van der Waals surface area contributed by atoms with E-state index in [2.05, 4.69) is 31.4 Å². The van der Waals surface area contributed by atoms with Crippen LogP contribution in [0.4, 0.5) is 5.69 Å². The van der Waals surface area contributed by atoms with Crippen LogP contribution in [0.25, 0.3) is 0 Å². The topological polar surface area (TPSA) is 53.4 Å². The second kappa shape index (κ2) is 10.8. The molecule has 0 atom stereocenters. The first-order valence-electron chi connectivity index (χ1n) is 10.8. The second-order valence-electron chi connectivity index (χ2n) is 7.82. The molecule has 5 nitrogen and oxygen atoms in total. The normalized spacial score (nSPS) is 18.4. The first-order valence-corrected chi connectivity index (χ1v) is 11.6. The first kappa shape index (κ1) is 21.2. The number of hydrogen-bond acceptors (Lipinski definition) is 3. The van der Waals surface area contributed by atoms with Crippen LogP contribution < -0.4 is 10.9 Å². The molecule has 1 aromatic rings. The van der Waals surface area contributed by atoms with Crippen molar-refractivity contribution in [3.8, 4) is 0 Å². The molecule has 2 aliphatic carbocycles. The van der Waals surface area contributed by atoms with E-state index in [0.29, 0.717) is 24.5 Å². The number of nitrogens with one attached hydrogen (secondary N) is 2. The molecule has 28 heavy (non-hydrogen) atoms. The number of benzene rings is 1. The van der Waals surface area contributed by atoms with Gasteiger partial charge in [0.25, 0.3) is 0 Å². The standard InChI is InChI=1S/C22H32BrN3O2/c1-2-28-22(27)21(25-24-18-15-13-17(23)14-16-18)26(19-9-5-3-6-10-19)20-11-7-4-8-12-20/h13-16,19-20H,2-12H2,1H3,(H,24,27)/p+1. The summed E-state index contributed by atoms with van der Waals surface area (Å²) in [6, 6.07) is 8.74. The smallest absolute Gasteiger partial charge is 0.423 e. The Bertz CT molecular complexity index is 643. The number of hydrogen-bond donors (Lipinski definition) is 2. The SMILES string of the molecule is CCOC(=O)C(NNc1ccc(Br)cc1)=[N+](C1CCCCC1)C1CCCCC1. The van der Waals surface area contributed by atoms with Crippen molar-refractivity contribution in [1.29, 1.82) is 0 Å². The van der Waals surface area contributed by atoms with Gasteiger partial charge in [-0.1, -0.05) is 28.8 Å². The number of esters is 1. The fraction of sp³-hybridized carbons (Fsp3) is 0.636. The van der Waals surface area contributed by atoms with Crippen molar-refractivity contribution in [3.05, 3.63) is 28.7 Å². The summed E-state index contributed by atoms with van der Waals surface area (Å²) in [4.78, 5) is 12.9. The summed E-state index contributed by atoms with van der Waals surface area (Å²) < 4.78 is 8.85. The minimum Gasteiger partial charge on any atom is -0.457 e. The predicted molar refractivity (Wildman–Crippen MR) is 117 cm³/mol. The number of carbonyl (C=O) groups is 1. The van der Waals surface area contributed by atoms with E-state index < -0.39 is 0 Å². The molecule has 3 rings (SSSR count). The lowest BCUT2D eigenvalue weighted by atomic mass is 9.89. The molecule has 154 valence electrons. The molecule has 6 heteroatoms. The number of hydrazine groups is 1. The van der Waals surface area contributed by atoms with E-state index in [4.69, 9.17) is 4.74 Å². The van der Waals surface area contributed by atoms with E-state index in [-0.39, 0.29) is 5.97 Å². The summed E-state index contributed by atoms with van der Waals surface area (Å²) >= 11 is 3.46. The number of rotatable bonds is 5. The number of halogens is 1. The second-order valence-corrected chi connectivity index (χ2v) is 8.73. The maximum Gasteiger partial charge on any atom is 0.423 e. The Morgan fingerprint density at radius 3 is 2.04 bits per heavy atom. The fourth-order valence-electron chi connectivity index (χ4n) is 4.47. The minimum absolute atomic E-state index is 0.261. The van der Waals surface area contributed by atoms with Crippen LogP contribution in [0.5, 0.6) is 0 Å². The van der Waals surface area contributed by atoms with Crippen LogP contribution in [0.3, 0.4) is 0 Å². The number of carbonyl (C=O) groups excluding carboxylic acids is 1. The van der Waals surface area contributed by atoms with Crippen LogP contribution in [0.2, 0.25) is 0 Å². The zero-order valence-corrected chi connectivity index (χ0v) is 18.5. The summed E-state index contributed by atoms with van der Waals surface area (Å²) in [5.41, 5.74) is 7.37. The van der Waals surface area contributed by atoms with Gasteiger partial charge in [-0.2, -0.15) is 5.43 Å². The summed E-state index contributed by atoms with van der Waals surface area (Å²) in [5, 5.41) is 0. The van der Waals surface area contributed by atoms with E-state index in [1.165, 1.54) is 38.5 Å². The number of nitrogens with zero attached hydrogens (tertiary/aromatic N) is 1. The van der Waals surface area contributed by atoms with Crippen molar-refractivity contribution in [1.82, 2.24) is 5.43 Å². The Hall–Kier alpha value is -1.56. The molecule has 0 amide bonds. The van der Waals surface area contributed by atoms with Gasteiger partial charge in [0.05, 0.1) is 24.4 Å². The van der Waals surface area contributed by atoms with Gasteiger partial charge in [-0.3, -0.25) is 0 Å². The van der Waals surface area contributed by atoms with Crippen molar-refractivity contribution >= 4 is 33.4 Å². The van der Waals surface area contributed by atoms with Crippen LogP contribution in [0, 0.1) is 0 Å². The highest BCUT2D eigenvalue weighted by Gasteiger charge is 2.36. The van der Waals surface area contributed by atoms with Gasteiger partial charge >= 0.3 is 11.8 Å². The van der Waals surface area contributed by atoms with Crippen molar-refractivity contribution in [2.75, 3.05) is 12.0 Å². The lowest BCUT2D eigenvalue weighted by Crippen LogP contribution is -2.51. The fourth-order valence-corrected chi connectivity index (χ4v) is 4.73. The third-order valence-electron chi connectivity index (χ3n) is 5.83. The van der Waals surface area contributed by atoms with Crippen molar-refractivity contribution < 1.29 is 14.1 Å². The molecule has 0 unspecified atom stereocenters. The molecular weight excluding hydrogens is 418 g/mol. The lowest BCUT2D eigenvalue weighted by molar-refractivity contribution is -0.608. The summed E-state index contributed by atoms with van der Waals surface area (Å²) in [6.07, 6.45) is 12.2. The third-order valence-corrected chi connectivity index (χ3v) is 6.36. The van der Waals surface area contributed by atoms with E-state index >= 15 is 0 Å². The van der Waals surface area contributed by atoms with Gasteiger partial charge in [-0.25, -0.2) is 14.8 Å². The van der Waals surface area contributed by atoms with E-state index in [9.17, 15) is 4.79 Å². The van der Waals surface area contributed by atoms with Crippen LogP contribution in [-0.2, 0) is 9.53 Å². The third kappa shape index (κ3) is 5.72. The Kier molecular flexibility index (Phi) is 8.19. The largest absolute Gasteiger partial charge is 0.457 e. The van der Waals surface area contributed by atoms with E-state index in [1.54, 1.807) is 0 Å².